The van der Waals surface area contributed by atoms with Gasteiger partial charge in [0, 0.05) is 6.54 Å². The maximum absolute atomic E-state index is 12.5. The standard InChI is InChI=1S/C15H21N3O3/c1-16(2)8-5-9-17-13-7-4-3-6-12(13)14(20)18(10-11-19)15(17)21/h3-4,6-7,19H,5,8-11H2,1-2H3. The first-order valence-corrected chi connectivity index (χ1v) is 7.04. The minimum atomic E-state index is -0.355. The number of fused-ring (bicyclic) bond motifs is 1. The number of nitrogens with zero attached hydrogens (tertiary/aromatic N) is 3. The van der Waals surface area contributed by atoms with Crippen LogP contribution in [-0.2, 0) is 13.1 Å². The van der Waals surface area contributed by atoms with Crippen LogP contribution >= 0.6 is 0 Å². The summed E-state index contributed by atoms with van der Waals surface area (Å²) in [4.78, 5) is 26.8. The van der Waals surface area contributed by atoms with Gasteiger partial charge >= 0.3 is 5.69 Å². The van der Waals surface area contributed by atoms with E-state index in [-0.39, 0.29) is 24.4 Å². The summed E-state index contributed by atoms with van der Waals surface area (Å²) < 4.78 is 2.73. The summed E-state index contributed by atoms with van der Waals surface area (Å²) in [5, 5.41) is 9.58. The van der Waals surface area contributed by atoms with Gasteiger partial charge in [0.15, 0.2) is 0 Å². The highest BCUT2D eigenvalue weighted by molar-refractivity contribution is 5.77. The zero-order valence-corrected chi connectivity index (χ0v) is 12.5. The number of hydrogen-bond acceptors (Lipinski definition) is 4. The molecule has 2 aromatic rings. The SMILES string of the molecule is CN(C)CCCn1c(=O)n(CCO)c(=O)c2ccccc21. The van der Waals surface area contributed by atoms with Crippen LogP contribution in [0.15, 0.2) is 33.9 Å². The lowest BCUT2D eigenvalue weighted by Crippen LogP contribution is -2.41. The number of aliphatic hydroxyl groups is 1. The van der Waals surface area contributed by atoms with Crippen LogP contribution in [0.1, 0.15) is 6.42 Å². The summed E-state index contributed by atoms with van der Waals surface area (Å²) in [5.41, 5.74) is -0.0412. The molecule has 1 aromatic carbocycles. The molecule has 0 saturated heterocycles. The van der Waals surface area contributed by atoms with Gasteiger partial charge in [-0.15, -0.1) is 0 Å². The number of para-hydroxylation sites is 1. The molecule has 0 aliphatic carbocycles. The van der Waals surface area contributed by atoms with Crippen molar-refractivity contribution in [3.8, 4) is 0 Å². The fourth-order valence-corrected chi connectivity index (χ4v) is 2.43. The van der Waals surface area contributed by atoms with E-state index in [0.29, 0.717) is 17.4 Å². The Balaban J connectivity index is 2.56. The van der Waals surface area contributed by atoms with Gasteiger partial charge in [0.25, 0.3) is 5.56 Å². The van der Waals surface area contributed by atoms with Gasteiger partial charge in [-0.3, -0.25) is 13.9 Å². The van der Waals surface area contributed by atoms with Gasteiger partial charge in [-0.2, -0.15) is 0 Å². The third kappa shape index (κ3) is 3.22. The molecule has 2 rings (SSSR count). The molecule has 0 radical (unpaired) electrons. The van der Waals surface area contributed by atoms with Crippen LogP contribution < -0.4 is 11.2 Å². The van der Waals surface area contributed by atoms with Gasteiger partial charge in [0.2, 0.25) is 0 Å². The highest BCUT2D eigenvalue weighted by Gasteiger charge is 2.12. The lowest BCUT2D eigenvalue weighted by atomic mass is 10.2. The van der Waals surface area contributed by atoms with E-state index in [1.54, 1.807) is 22.8 Å². The molecule has 0 spiro atoms. The predicted octanol–water partition coefficient (Wildman–Crippen LogP) is 0.107. The highest BCUT2D eigenvalue weighted by atomic mass is 16.3. The lowest BCUT2D eigenvalue weighted by Gasteiger charge is -2.15. The molecular formula is C15H21N3O3. The van der Waals surface area contributed by atoms with Crippen molar-refractivity contribution in [2.45, 2.75) is 19.5 Å². The summed E-state index contributed by atoms with van der Waals surface area (Å²) in [6.07, 6.45) is 0.814. The maximum atomic E-state index is 12.5. The van der Waals surface area contributed by atoms with Gasteiger partial charge in [-0.25, -0.2) is 4.79 Å². The monoisotopic (exact) mass is 291 g/mol. The van der Waals surface area contributed by atoms with Crippen LogP contribution in [-0.4, -0.2) is 46.4 Å². The number of aryl methyl sites for hydroxylation is 1. The number of benzene rings is 1. The van der Waals surface area contributed by atoms with Gasteiger partial charge in [0.05, 0.1) is 24.1 Å². The Morgan fingerprint density at radius 3 is 2.48 bits per heavy atom. The number of rotatable bonds is 6. The summed E-state index contributed by atoms with van der Waals surface area (Å²) >= 11 is 0. The van der Waals surface area contributed by atoms with Crippen molar-refractivity contribution < 1.29 is 5.11 Å². The topological polar surface area (TPSA) is 67.5 Å². The lowest BCUT2D eigenvalue weighted by molar-refractivity contribution is 0.270. The average molecular weight is 291 g/mol. The smallest absolute Gasteiger partial charge is 0.331 e. The van der Waals surface area contributed by atoms with Crippen molar-refractivity contribution in [3.05, 3.63) is 45.1 Å². The Labute approximate surface area is 122 Å². The molecule has 114 valence electrons. The first kappa shape index (κ1) is 15.5. The molecule has 0 bridgehead atoms. The molecule has 1 aromatic heterocycles. The summed E-state index contributed by atoms with van der Waals surface area (Å²) in [6.45, 7) is 1.20. The van der Waals surface area contributed by atoms with Crippen LogP contribution in [0.2, 0.25) is 0 Å². The highest BCUT2D eigenvalue weighted by Crippen LogP contribution is 2.08. The van der Waals surface area contributed by atoms with E-state index < -0.39 is 0 Å². The first-order chi connectivity index (χ1) is 10.1. The van der Waals surface area contributed by atoms with E-state index in [0.717, 1.165) is 17.5 Å². The zero-order valence-electron chi connectivity index (χ0n) is 12.5. The molecule has 0 saturated carbocycles. The van der Waals surface area contributed by atoms with E-state index in [1.807, 2.05) is 20.2 Å². The van der Waals surface area contributed by atoms with Crippen LogP contribution in [0.5, 0.6) is 0 Å². The molecule has 0 aliphatic heterocycles. The second kappa shape index (κ2) is 6.69. The quantitative estimate of drug-likeness (QED) is 0.820. The molecule has 0 aliphatic rings. The first-order valence-electron chi connectivity index (χ1n) is 7.04. The fraction of sp³-hybridized carbons (Fsp3) is 0.467. The predicted molar refractivity (Wildman–Crippen MR) is 82.7 cm³/mol. The Kier molecular flexibility index (Phi) is 4.93. The molecule has 0 fully saturated rings. The second-order valence-electron chi connectivity index (χ2n) is 5.29. The largest absolute Gasteiger partial charge is 0.395 e. The molecule has 6 heteroatoms. The second-order valence-corrected chi connectivity index (χ2v) is 5.29. The Bertz CT molecular complexity index is 731. The van der Waals surface area contributed by atoms with Crippen molar-refractivity contribution >= 4 is 10.9 Å². The van der Waals surface area contributed by atoms with E-state index in [1.165, 1.54) is 0 Å². The Hall–Kier alpha value is -1.92. The van der Waals surface area contributed by atoms with Crippen LogP contribution in [0.25, 0.3) is 10.9 Å². The molecule has 1 heterocycles. The Morgan fingerprint density at radius 2 is 1.81 bits per heavy atom. The molecular weight excluding hydrogens is 270 g/mol. The van der Waals surface area contributed by atoms with Crippen molar-refractivity contribution in [1.29, 1.82) is 0 Å². The molecule has 0 amide bonds. The third-order valence-electron chi connectivity index (χ3n) is 3.44. The third-order valence-corrected chi connectivity index (χ3v) is 3.44. The molecule has 0 unspecified atom stereocenters. The van der Waals surface area contributed by atoms with Gasteiger partial charge in [-0.05, 0) is 39.2 Å². The maximum Gasteiger partial charge on any atom is 0.331 e. The molecule has 6 nitrogen and oxygen atoms in total. The average Bonchev–Trinajstić information content (AvgIpc) is 2.47. The van der Waals surface area contributed by atoms with E-state index >= 15 is 0 Å². The van der Waals surface area contributed by atoms with E-state index in [9.17, 15) is 9.59 Å². The number of aromatic nitrogens is 2. The minimum Gasteiger partial charge on any atom is -0.395 e. The van der Waals surface area contributed by atoms with Crippen molar-refractivity contribution in [1.82, 2.24) is 14.0 Å². The van der Waals surface area contributed by atoms with E-state index in [2.05, 4.69) is 4.90 Å². The normalized spacial score (nSPS) is 11.4. The number of hydrogen-bond donors (Lipinski definition) is 1. The van der Waals surface area contributed by atoms with Crippen LogP contribution in [0.3, 0.4) is 0 Å². The van der Waals surface area contributed by atoms with Crippen molar-refractivity contribution in [2.75, 3.05) is 27.2 Å². The van der Waals surface area contributed by atoms with E-state index in [4.69, 9.17) is 5.11 Å². The van der Waals surface area contributed by atoms with Crippen LogP contribution in [0, 0.1) is 0 Å². The van der Waals surface area contributed by atoms with Gasteiger partial charge < -0.3 is 10.0 Å². The van der Waals surface area contributed by atoms with Crippen molar-refractivity contribution in [3.63, 3.8) is 0 Å². The molecule has 21 heavy (non-hydrogen) atoms. The summed E-state index contributed by atoms with van der Waals surface area (Å²) in [7, 11) is 3.96. The Morgan fingerprint density at radius 1 is 1.10 bits per heavy atom. The van der Waals surface area contributed by atoms with Crippen molar-refractivity contribution in [2.24, 2.45) is 0 Å². The summed E-state index contributed by atoms with van der Waals surface area (Å²) in [5.74, 6) is 0. The fourth-order valence-electron chi connectivity index (χ4n) is 2.43. The zero-order chi connectivity index (χ0) is 15.4. The summed E-state index contributed by atoms with van der Waals surface area (Å²) in [6, 6.07) is 7.10. The van der Waals surface area contributed by atoms with Crippen LogP contribution in [0.4, 0.5) is 0 Å². The van der Waals surface area contributed by atoms with Gasteiger partial charge in [0.1, 0.15) is 0 Å². The molecule has 0 atom stereocenters. The van der Waals surface area contributed by atoms with Gasteiger partial charge in [-0.1, -0.05) is 12.1 Å². The minimum absolute atomic E-state index is 0.0240. The number of aliphatic hydroxyl groups excluding tert-OH is 1. The molecule has 1 N–H and O–H groups in total.